The third-order valence-electron chi connectivity index (χ3n) is 3.55. The zero-order chi connectivity index (χ0) is 15.5. The maximum atomic E-state index is 13.6. The Balaban J connectivity index is 2.18. The molecule has 0 spiro atoms. The maximum Gasteiger partial charge on any atom is 0.123 e. The molecule has 3 aromatic rings. The third kappa shape index (κ3) is 3.03. The molecule has 0 unspecified atom stereocenters. The number of halogens is 3. The second kappa shape index (κ2) is 6.06. The van der Waals surface area contributed by atoms with Crippen LogP contribution in [-0.4, -0.2) is 0 Å². The Bertz CT molecular complexity index is 688. The predicted octanol–water partition coefficient (Wildman–Crippen LogP) is 5.28. The van der Waals surface area contributed by atoms with Crippen LogP contribution in [0.15, 0.2) is 72.8 Å². The number of benzene rings is 3. The van der Waals surface area contributed by atoms with Gasteiger partial charge in [0.15, 0.2) is 0 Å². The van der Waals surface area contributed by atoms with E-state index in [2.05, 4.69) is 0 Å². The molecule has 0 aliphatic carbocycles. The average molecular weight is 298 g/mol. The van der Waals surface area contributed by atoms with E-state index >= 15 is 0 Å². The number of hydrogen-bond donors (Lipinski definition) is 0. The summed E-state index contributed by atoms with van der Waals surface area (Å²) in [4.78, 5) is 0. The lowest BCUT2D eigenvalue weighted by molar-refractivity contribution is 0.619. The molecule has 0 N–H and O–H groups in total. The van der Waals surface area contributed by atoms with Crippen LogP contribution < -0.4 is 0 Å². The van der Waals surface area contributed by atoms with Gasteiger partial charge in [-0.1, -0.05) is 36.4 Å². The molecule has 22 heavy (non-hydrogen) atoms. The Morgan fingerprint density at radius 2 is 0.818 bits per heavy atom. The lowest BCUT2D eigenvalue weighted by Crippen LogP contribution is -2.04. The van der Waals surface area contributed by atoms with Crippen LogP contribution >= 0.6 is 0 Å². The summed E-state index contributed by atoms with van der Waals surface area (Å²) in [5, 5.41) is 0. The summed E-state index contributed by atoms with van der Waals surface area (Å²) in [7, 11) is 0. The molecule has 0 atom stereocenters. The van der Waals surface area contributed by atoms with Crippen LogP contribution in [0, 0.1) is 17.5 Å². The summed E-state index contributed by atoms with van der Waals surface area (Å²) >= 11 is 0. The zero-order valence-corrected chi connectivity index (χ0v) is 11.6. The molecule has 0 fully saturated rings. The van der Waals surface area contributed by atoms with Gasteiger partial charge in [0.05, 0.1) is 0 Å². The molecule has 0 aromatic heterocycles. The van der Waals surface area contributed by atoms with E-state index in [-0.39, 0.29) is 17.5 Å². The van der Waals surface area contributed by atoms with Gasteiger partial charge in [0.2, 0.25) is 0 Å². The van der Waals surface area contributed by atoms with E-state index in [0.29, 0.717) is 16.7 Å². The van der Waals surface area contributed by atoms with Gasteiger partial charge in [-0.3, -0.25) is 0 Å². The van der Waals surface area contributed by atoms with Crippen molar-refractivity contribution in [3.05, 3.63) is 107 Å². The van der Waals surface area contributed by atoms with Crippen LogP contribution in [0.5, 0.6) is 0 Å². The molecule has 0 saturated carbocycles. The van der Waals surface area contributed by atoms with E-state index < -0.39 is 5.92 Å². The standard InChI is InChI=1S/C19H13F3/c20-16-7-1-4-13(10-16)19(14-5-2-8-17(21)11-14)15-6-3-9-18(22)12-15/h1-12,19H. The average Bonchev–Trinajstić information content (AvgIpc) is 2.48. The topological polar surface area (TPSA) is 0 Å². The van der Waals surface area contributed by atoms with Gasteiger partial charge < -0.3 is 0 Å². The van der Waals surface area contributed by atoms with Crippen LogP contribution in [0.1, 0.15) is 22.6 Å². The molecular formula is C19H13F3. The van der Waals surface area contributed by atoms with Gasteiger partial charge >= 0.3 is 0 Å². The Morgan fingerprint density at radius 1 is 0.500 bits per heavy atom. The summed E-state index contributed by atoms with van der Waals surface area (Å²) in [6, 6.07) is 18.2. The molecule has 0 radical (unpaired) electrons. The predicted molar refractivity (Wildman–Crippen MR) is 80.1 cm³/mol. The first kappa shape index (κ1) is 14.4. The van der Waals surface area contributed by atoms with Crippen molar-refractivity contribution in [2.75, 3.05) is 0 Å². The quantitative estimate of drug-likeness (QED) is 0.577. The van der Waals surface area contributed by atoms with Crippen molar-refractivity contribution >= 4 is 0 Å². The fourth-order valence-electron chi connectivity index (χ4n) is 2.64. The summed E-state index contributed by atoms with van der Waals surface area (Å²) in [5.41, 5.74) is 1.95. The first-order chi connectivity index (χ1) is 10.6. The van der Waals surface area contributed by atoms with Gasteiger partial charge in [0, 0.05) is 5.92 Å². The summed E-state index contributed by atoms with van der Waals surface area (Å²) < 4.78 is 40.7. The molecule has 3 aromatic carbocycles. The minimum Gasteiger partial charge on any atom is -0.207 e. The van der Waals surface area contributed by atoms with Crippen LogP contribution in [0.25, 0.3) is 0 Å². The molecule has 0 bridgehead atoms. The second-order valence-electron chi connectivity index (χ2n) is 5.10. The molecule has 110 valence electrons. The highest BCUT2D eigenvalue weighted by Gasteiger charge is 2.18. The van der Waals surface area contributed by atoms with Gasteiger partial charge in [0.25, 0.3) is 0 Å². The molecule has 3 rings (SSSR count). The van der Waals surface area contributed by atoms with Gasteiger partial charge in [-0.05, 0) is 53.1 Å². The highest BCUT2D eigenvalue weighted by atomic mass is 19.1. The smallest absolute Gasteiger partial charge is 0.123 e. The van der Waals surface area contributed by atoms with Gasteiger partial charge in [0.1, 0.15) is 17.5 Å². The minimum atomic E-state index is -0.429. The van der Waals surface area contributed by atoms with E-state index in [1.807, 2.05) is 0 Å². The van der Waals surface area contributed by atoms with Crippen LogP contribution in [-0.2, 0) is 0 Å². The SMILES string of the molecule is Fc1cccc(C(c2cccc(F)c2)c2cccc(F)c2)c1. The third-order valence-corrected chi connectivity index (χ3v) is 3.55. The Morgan fingerprint density at radius 3 is 1.09 bits per heavy atom. The van der Waals surface area contributed by atoms with Crippen molar-refractivity contribution in [1.82, 2.24) is 0 Å². The van der Waals surface area contributed by atoms with E-state index in [9.17, 15) is 13.2 Å². The zero-order valence-electron chi connectivity index (χ0n) is 11.6. The first-order valence-electron chi connectivity index (χ1n) is 6.90. The minimum absolute atomic E-state index is 0.379. The van der Waals surface area contributed by atoms with Gasteiger partial charge in [-0.25, -0.2) is 13.2 Å². The van der Waals surface area contributed by atoms with Crippen LogP contribution in [0.3, 0.4) is 0 Å². The monoisotopic (exact) mass is 298 g/mol. The van der Waals surface area contributed by atoms with Gasteiger partial charge in [-0.15, -0.1) is 0 Å². The molecule has 0 saturated heterocycles. The largest absolute Gasteiger partial charge is 0.207 e. The summed E-state index contributed by atoms with van der Waals surface area (Å²) in [5.74, 6) is -1.57. The second-order valence-corrected chi connectivity index (χ2v) is 5.10. The highest BCUT2D eigenvalue weighted by Crippen LogP contribution is 2.32. The number of hydrogen-bond acceptors (Lipinski definition) is 0. The van der Waals surface area contributed by atoms with Crippen molar-refractivity contribution in [2.45, 2.75) is 5.92 Å². The fraction of sp³-hybridized carbons (Fsp3) is 0.0526. The summed E-state index contributed by atoms with van der Waals surface area (Å²) in [6.45, 7) is 0. The van der Waals surface area contributed by atoms with Crippen molar-refractivity contribution in [3.8, 4) is 0 Å². The van der Waals surface area contributed by atoms with E-state index in [1.54, 1.807) is 36.4 Å². The number of rotatable bonds is 3. The first-order valence-corrected chi connectivity index (χ1v) is 6.90. The molecule has 0 nitrogen and oxygen atoms in total. The Labute approximate surface area is 126 Å². The van der Waals surface area contributed by atoms with E-state index in [0.717, 1.165) is 0 Å². The normalized spacial score (nSPS) is 10.9. The molecule has 0 heterocycles. The lowest BCUT2D eigenvalue weighted by Gasteiger charge is -2.19. The van der Waals surface area contributed by atoms with Crippen molar-refractivity contribution in [1.29, 1.82) is 0 Å². The summed E-state index contributed by atoms with van der Waals surface area (Å²) in [6.07, 6.45) is 0. The Kier molecular flexibility index (Phi) is 3.96. The fourth-order valence-corrected chi connectivity index (χ4v) is 2.64. The molecule has 3 heteroatoms. The molecule has 0 aliphatic rings. The highest BCUT2D eigenvalue weighted by molar-refractivity contribution is 5.43. The van der Waals surface area contributed by atoms with Crippen LogP contribution in [0.4, 0.5) is 13.2 Å². The van der Waals surface area contributed by atoms with Crippen LogP contribution in [0.2, 0.25) is 0 Å². The molecule has 0 aliphatic heterocycles. The van der Waals surface area contributed by atoms with Crippen molar-refractivity contribution in [2.24, 2.45) is 0 Å². The van der Waals surface area contributed by atoms with E-state index in [1.165, 1.54) is 36.4 Å². The van der Waals surface area contributed by atoms with Gasteiger partial charge in [-0.2, -0.15) is 0 Å². The Hall–Kier alpha value is -2.55. The van der Waals surface area contributed by atoms with E-state index in [4.69, 9.17) is 0 Å². The van der Waals surface area contributed by atoms with Crippen molar-refractivity contribution in [3.63, 3.8) is 0 Å². The van der Waals surface area contributed by atoms with Crippen molar-refractivity contribution < 1.29 is 13.2 Å². The molecular weight excluding hydrogens is 285 g/mol. The molecule has 0 amide bonds. The maximum absolute atomic E-state index is 13.6. The lowest BCUT2D eigenvalue weighted by atomic mass is 9.85.